The van der Waals surface area contributed by atoms with E-state index in [2.05, 4.69) is 27.4 Å². The topological polar surface area (TPSA) is 47.0 Å². The zero-order chi connectivity index (χ0) is 12.6. The van der Waals surface area contributed by atoms with Crippen molar-refractivity contribution in [3.8, 4) is 5.88 Å². The molecule has 2 aromatic rings. The highest BCUT2D eigenvalue weighted by Gasteiger charge is 1.95. The maximum absolute atomic E-state index is 5.02. The van der Waals surface area contributed by atoms with Crippen molar-refractivity contribution in [1.82, 2.24) is 9.97 Å². The number of ether oxygens (including phenoxy) is 1. The molecule has 4 nitrogen and oxygen atoms in total. The molecule has 0 radical (unpaired) electrons. The summed E-state index contributed by atoms with van der Waals surface area (Å²) in [6.45, 7) is 0.669. The number of hydrogen-bond donors (Lipinski definition) is 1. The Morgan fingerprint density at radius 1 is 1.22 bits per heavy atom. The van der Waals surface area contributed by atoms with Crippen LogP contribution in [0.15, 0.2) is 48.7 Å². The lowest BCUT2D eigenvalue weighted by Gasteiger charge is -2.02. The summed E-state index contributed by atoms with van der Waals surface area (Å²) in [7, 11) is 1.58. The van der Waals surface area contributed by atoms with Crippen LogP contribution < -0.4 is 10.1 Å². The van der Waals surface area contributed by atoms with Gasteiger partial charge in [0.25, 0.3) is 0 Å². The molecule has 0 aliphatic rings. The van der Waals surface area contributed by atoms with Crippen LogP contribution in [0.1, 0.15) is 5.56 Å². The Balaban J connectivity index is 1.86. The number of nitrogens with zero attached hydrogens (tertiary/aromatic N) is 2. The predicted octanol–water partition coefficient (Wildman–Crippen LogP) is 2.61. The first kappa shape index (κ1) is 12.1. The number of methoxy groups -OCH3 is 1. The molecule has 1 aromatic carbocycles. The Bertz CT molecular complexity index is 511. The minimum absolute atomic E-state index is 0.555. The van der Waals surface area contributed by atoms with Crippen LogP contribution in [0.4, 0.5) is 5.95 Å². The molecule has 0 spiro atoms. The number of nitrogens with one attached hydrogen (secondary N) is 1. The molecule has 0 saturated carbocycles. The Morgan fingerprint density at radius 2 is 2.06 bits per heavy atom. The minimum atomic E-state index is 0.555. The van der Waals surface area contributed by atoms with E-state index in [0.717, 1.165) is 0 Å². The third kappa shape index (κ3) is 3.59. The average Bonchev–Trinajstić information content (AvgIpc) is 2.45. The summed E-state index contributed by atoms with van der Waals surface area (Å²) in [5, 5.41) is 3.10. The van der Waals surface area contributed by atoms with Gasteiger partial charge in [0.1, 0.15) is 0 Å². The molecule has 0 atom stereocenters. The largest absolute Gasteiger partial charge is 0.481 e. The Labute approximate surface area is 106 Å². The highest BCUT2D eigenvalue weighted by atomic mass is 16.5. The van der Waals surface area contributed by atoms with E-state index < -0.39 is 0 Å². The van der Waals surface area contributed by atoms with Crippen LogP contribution in [-0.2, 0) is 0 Å². The monoisotopic (exact) mass is 241 g/mol. The van der Waals surface area contributed by atoms with Crippen LogP contribution in [0.5, 0.6) is 5.88 Å². The van der Waals surface area contributed by atoms with E-state index in [-0.39, 0.29) is 0 Å². The molecule has 4 heteroatoms. The minimum Gasteiger partial charge on any atom is -0.481 e. The lowest BCUT2D eigenvalue weighted by Crippen LogP contribution is -2.03. The summed E-state index contributed by atoms with van der Waals surface area (Å²) in [5.74, 6) is 1.12. The summed E-state index contributed by atoms with van der Waals surface area (Å²) < 4.78 is 5.02. The highest BCUT2D eigenvalue weighted by molar-refractivity contribution is 5.49. The Morgan fingerprint density at radius 3 is 2.83 bits per heavy atom. The standard InChI is InChI=1S/C14H15N3O/c1-18-13-9-11-16-14(17-13)15-10-5-8-12-6-3-2-4-7-12/h2-9,11H,10H2,1H3,(H,15,16,17)/b8-5+. The summed E-state index contributed by atoms with van der Waals surface area (Å²) in [4.78, 5) is 8.25. The molecule has 0 aliphatic heterocycles. The van der Waals surface area contributed by atoms with Crippen LogP contribution in [0.3, 0.4) is 0 Å². The van der Waals surface area contributed by atoms with Gasteiger partial charge in [0, 0.05) is 18.8 Å². The van der Waals surface area contributed by atoms with Crippen molar-refractivity contribution in [3.05, 3.63) is 54.2 Å². The van der Waals surface area contributed by atoms with Gasteiger partial charge in [-0.05, 0) is 5.56 Å². The third-order valence-corrected chi connectivity index (χ3v) is 2.33. The normalized spacial score (nSPS) is 10.5. The average molecular weight is 241 g/mol. The first-order valence-corrected chi connectivity index (χ1v) is 5.71. The van der Waals surface area contributed by atoms with E-state index >= 15 is 0 Å². The number of hydrogen-bond acceptors (Lipinski definition) is 4. The maximum Gasteiger partial charge on any atom is 0.226 e. The molecule has 18 heavy (non-hydrogen) atoms. The molecule has 0 saturated heterocycles. The first-order valence-electron chi connectivity index (χ1n) is 5.71. The second-order valence-electron chi connectivity index (χ2n) is 3.62. The molecule has 1 heterocycles. The molecule has 0 amide bonds. The first-order chi connectivity index (χ1) is 8.88. The second kappa shape index (κ2) is 6.39. The van der Waals surface area contributed by atoms with Crippen molar-refractivity contribution in [2.45, 2.75) is 0 Å². The van der Waals surface area contributed by atoms with Gasteiger partial charge in [-0.15, -0.1) is 0 Å². The second-order valence-corrected chi connectivity index (χ2v) is 3.62. The van der Waals surface area contributed by atoms with Gasteiger partial charge in [-0.3, -0.25) is 0 Å². The number of rotatable bonds is 5. The summed E-state index contributed by atoms with van der Waals surface area (Å²) in [6, 6.07) is 11.8. The molecule has 0 fully saturated rings. The van der Waals surface area contributed by atoms with E-state index in [1.165, 1.54) is 5.56 Å². The maximum atomic E-state index is 5.02. The van der Waals surface area contributed by atoms with Gasteiger partial charge in [0.05, 0.1) is 7.11 Å². The Hall–Kier alpha value is -2.36. The van der Waals surface area contributed by atoms with Gasteiger partial charge in [0.15, 0.2) is 0 Å². The van der Waals surface area contributed by atoms with E-state index in [1.54, 1.807) is 19.4 Å². The number of anilines is 1. The van der Waals surface area contributed by atoms with Crippen molar-refractivity contribution >= 4 is 12.0 Å². The highest BCUT2D eigenvalue weighted by Crippen LogP contribution is 2.07. The lowest BCUT2D eigenvalue weighted by molar-refractivity contribution is 0.397. The van der Waals surface area contributed by atoms with Gasteiger partial charge in [-0.1, -0.05) is 42.5 Å². The predicted molar refractivity (Wildman–Crippen MR) is 72.5 cm³/mol. The molecular formula is C14H15N3O. The quantitative estimate of drug-likeness (QED) is 0.874. The zero-order valence-electron chi connectivity index (χ0n) is 10.2. The molecular weight excluding hydrogens is 226 g/mol. The van der Waals surface area contributed by atoms with Crippen LogP contribution in [0.25, 0.3) is 6.08 Å². The van der Waals surface area contributed by atoms with Crippen molar-refractivity contribution in [3.63, 3.8) is 0 Å². The fourth-order valence-electron chi connectivity index (χ4n) is 1.45. The van der Waals surface area contributed by atoms with E-state index in [4.69, 9.17) is 4.74 Å². The molecule has 0 bridgehead atoms. The van der Waals surface area contributed by atoms with Crippen LogP contribution in [0.2, 0.25) is 0 Å². The molecule has 0 unspecified atom stereocenters. The molecule has 92 valence electrons. The van der Waals surface area contributed by atoms with E-state index in [9.17, 15) is 0 Å². The fourth-order valence-corrected chi connectivity index (χ4v) is 1.45. The van der Waals surface area contributed by atoms with E-state index in [0.29, 0.717) is 18.4 Å². The summed E-state index contributed by atoms with van der Waals surface area (Å²) in [6.07, 6.45) is 5.74. The third-order valence-electron chi connectivity index (χ3n) is 2.33. The molecule has 2 rings (SSSR count). The van der Waals surface area contributed by atoms with Crippen LogP contribution in [0, 0.1) is 0 Å². The fraction of sp³-hybridized carbons (Fsp3) is 0.143. The SMILES string of the molecule is COc1ccnc(NC/C=C/c2ccccc2)n1. The van der Waals surface area contributed by atoms with Gasteiger partial charge >= 0.3 is 0 Å². The number of benzene rings is 1. The Kier molecular flexibility index (Phi) is 4.30. The van der Waals surface area contributed by atoms with Gasteiger partial charge in [-0.2, -0.15) is 4.98 Å². The van der Waals surface area contributed by atoms with Gasteiger partial charge in [0.2, 0.25) is 11.8 Å². The molecule has 1 aromatic heterocycles. The zero-order valence-corrected chi connectivity index (χ0v) is 10.2. The number of aromatic nitrogens is 2. The van der Waals surface area contributed by atoms with E-state index in [1.807, 2.05) is 30.4 Å². The van der Waals surface area contributed by atoms with Crippen molar-refractivity contribution in [1.29, 1.82) is 0 Å². The molecule has 0 aliphatic carbocycles. The smallest absolute Gasteiger partial charge is 0.226 e. The lowest BCUT2D eigenvalue weighted by atomic mass is 10.2. The summed E-state index contributed by atoms with van der Waals surface area (Å²) >= 11 is 0. The van der Waals surface area contributed by atoms with Gasteiger partial charge < -0.3 is 10.1 Å². The van der Waals surface area contributed by atoms with Crippen molar-refractivity contribution in [2.24, 2.45) is 0 Å². The molecule has 1 N–H and O–H groups in total. The van der Waals surface area contributed by atoms with Crippen molar-refractivity contribution in [2.75, 3.05) is 19.0 Å². The van der Waals surface area contributed by atoms with Gasteiger partial charge in [-0.25, -0.2) is 4.98 Å². The van der Waals surface area contributed by atoms with Crippen LogP contribution >= 0.6 is 0 Å². The van der Waals surface area contributed by atoms with Crippen LogP contribution in [-0.4, -0.2) is 23.6 Å². The van der Waals surface area contributed by atoms with Crippen molar-refractivity contribution < 1.29 is 4.74 Å². The summed E-state index contributed by atoms with van der Waals surface area (Å²) in [5.41, 5.74) is 1.17.